The Balaban J connectivity index is -0.000000410. The maximum atomic E-state index is 10.6. The maximum absolute atomic E-state index is 10.6. The molecule has 1 saturated heterocycles. The van der Waals surface area contributed by atoms with E-state index in [-0.39, 0.29) is 70.8 Å². The number of carboxylic acid groups (broad SMARTS) is 1. The van der Waals surface area contributed by atoms with Crippen LogP contribution in [0.25, 0.3) is 0 Å². The molecule has 0 atom stereocenters. The Morgan fingerprint density at radius 1 is 1.22 bits per heavy atom. The van der Waals surface area contributed by atoms with Gasteiger partial charge in [-0.15, -0.1) is 12.9 Å². The maximum Gasteiger partial charge on any atom is 1.00 e. The fraction of sp³-hybridized carbons (Fsp3) is 0.636. The van der Waals surface area contributed by atoms with Gasteiger partial charge in [0.1, 0.15) is 0 Å². The molecule has 0 bridgehead atoms. The largest absolute Gasteiger partial charge is 1.00 e. The molecule has 1 heterocycles. The van der Waals surface area contributed by atoms with Gasteiger partial charge in [-0.3, -0.25) is 6.08 Å². The van der Waals surface area contributed by atoms with Crippen molar-refractivity contribution in [1.29, 1.82) is 0 Å². The van der Waals surface area contributed by atoms with E-state index in [4.69, 9.17) is 9.59 Å². The van der Waals surface area contributed by atoms with Crippen LogP contribution in [0.1, 0.15) is 26.2 Å². The van der Waals surface area contributed by atoms with Gasteiger partial charge >= 0.3 is 65.3 Å². The number of likely N-dealkylation sites (tertiary alicyclic amines) is 1. The summed E-state index contributed by atoms with van der Waals surface area (Å²) in [6, 6.07) is 0. The molecule has 0 saturated carbocycles. The molecule has 0 unspecified atom stereocenters. The molecule has 90 valence electrons. The van der Waals surface area contributed by atoms with Crippen LogP contribution in [0.4, 0.5) is 0 Å². The van der Waals surface area contributed by atoms with E-state index in [0.29, 0.717) is 6.54 Å². The van der Waals surface area contributed by atoms with Crippen LogP contribution in [-0.2, 0) is 14.4 Å². The minimum Gasteiger partial charge on any atom is -0.658 e. The van der Waals surface area contributed by atoms with E-state index in [9.17, 15) is 9.90 Å². The molecule has 18 heavy (non-hydrogen) atoms. The summed E-state index contributed by atoms with van der Waals surface area (Å²) >= 11 is 0. The molecule has 0 aromatic heterocycles. The zero-order chi connectivity index (χ0) is 12.4. The molecule has 0 radical (unpaired) electrons. The van der Waals surface area contributed by atoms with Crippen molar-refractivity contribution in [3.63, 3.8) is 0 Å². The third-order valence-corrected chi connectivity index (χ3v) is 2.38. The van der Waals surface area contributed by atoms with Crippen molar-refractivity contribution < 1.29 is 78.6 Å². The number of nitrogens with zero attached hydrogens (tertiary/aromatic N) is 1. The zero-order valence-corrected chi connectivity index (χ0v) is 15.3. The molecule has 7 heteroatoms. The number of aliphatic carboxylic acids is 1. The number of piperidine rings is 1. The summed E-state index contributed by atoms with van der Waals surface area (Å²) in [6.45, 7) is 4.10. The predicted octanol–water partition coefficient (Wildman–Crippen LogP) is -6.60. The Morgan fingerprint density at radius 2 is 1.67 bits per heavy atom. The van der Waals surface area contributed by atoms with Gasteiger partial charge in [-0.2, -0.15) is 15.2 Å². The molecule has 1 aliphatic heterocycles. The smallest absolute Gasteiger partial charge is 0.658 e. The molecule has 1 rings (SSSR count). The molecule has 0 N–H and O–H groups in total. The molecule has 0 aromatic carbocycles. The van der Waals surface area contributed by atoms with Crippen molar-refractivity contribution >= 4 is 12.1 Å². The number of carbonyl (C=O) groups is 1. The molecule has 0 amide bonds. The summed E-state index contributed by atoms with van der Waals surface area (Å²) < 4.78 is 0. The van der Waals surface area contributed by atoms with Gasteiger partial charge < -0.3 is 14.8 Å². The monoisotopic (exact) mass is 271 g/mol. The Hall–Kier alpha value is 0.550. The third kappa shape index (κ3) is 11.6. The van der Waals surface area contributed by atoms with E-state index in [2.05, 4.69) is 11.0 Å². The van der Waals surface area contributed by atoms with E-state index in [0.717, 1.165) is 13.1 Å². The Labute approximate surface area is 152 Å². The second-order valence-electron chi connectivity index (χ2n) is 3.44. The molecular weight excluding hydrogens is 256 g/mol. The van der Waals surface area contributed by atoms with E-state index in [1.807, 2.05) is 0 Å². The number of rotatable bonds is 3. The summed E-state index contributed by atoms with van der Waals surface area (Å²) in [4.78, 5) is 29.0. The summed E-state index contributed by atoms with van der Waals surface area (Å²) in [5.41, 5.74) is 0.280. The van der Waals surface area contributed by atoms with Gasteiger partial charge in [0, 0.05) is 0 Å². The van der Waals surface area contributed by atoms with Gasteiger partial charge in [-0.1, -0.05) is 6.42 Å². The first-order valence-electron chi connectivity index (χ1n) is 5.12. The van der Waals surface area contributed by atoms with Gasteiger partial charge in [-0.05, 0) is 32.5 Å². The number of carboxylic acids is 1. The first-order chi connectivity index (χ1) is 7.65. The molecular formula is C11H15NNa2O4. The van der Waals surface area contributed by atoms with Crippen molar-refractivity contribution in [2.45, 2.75) is 26.2 Å². The molecule has 5 nitrogen and oxygen atoms in total. The van der Waals surface area contributed by atoms with Crippen molar-refractivity contribution in [1.82, 2.24) is 4.90 Å². The van der Waals surface area contributed by atoms with Crippen LogP contribution in [-0.4, -0.2) is 36.7 Å². The molecule has 1 fully saturated rings. The average molecular weight is 271 g/mol. The summed E-state index contributed by atoms with van der Waals surface area (Å²) in [6.07, 6.45) is 6.51. The second-order valence-corrected chi connectivity index (χ2v) is 3.44. The number of hydrogen-bond donors (Lipinski definition) is 0. The topological polar surface area (TPSA) is 77.5 Å². The normalized spacial score (nSPS) is 15.1. The van der Waals surface area contributed by atoms with Crippen LogP contribution < -0.4 is 64.2 Å². The van der Waals surface area contributed by atoms with Gasteiger partial charge in [0.2, 0.25) is 0 Å². The van der Waals surface area contributed by atoms with Crippen LogP contribution >= 0.6 is 0 Å². The summed E-state index contributed by atoms with van der Waals surface area (Å²) in [5.74, 6) is -1.09. The third-order valence-electron chi connectivity index (χ3n) is 2.38. The second kappa shape index (κ2) is 15.6. The average Bonchev–Trinajstić information content (AvgIpc) is 2.28. The van der Waals surface area contributed by atoms with Crippen LogP contribution in [0, 0.1) is 6.08 Å². The van der Waals surface area contributed by atoms with Crippen molar-refractivity contribution in [2.24, 2.45) is 0 Å². The Morgan fingerprint density at radius 3 is 2.00 bits per heavy atom. The number of allylic oxidation sites excluding steroid dienone is 1. The van der Waals surface area contributed by atoms with E-state index in [1.54, 1.807) is 6.92 Å². The van der Waals surface area contributed by atoms with Crippen LogP contribution in [0.2, 0.25) is 0 Å². The molecule has 0 aliphatic carbocycles. The van der Waals surface area contributed by atoms with Crippen LogP contribution in [0.3, 0.4) is 0 Å². The quantitative estimate of drug-likeness (QED) is 0.290. The first-order valence-corrected chi connectivity index (χ1v) is 5.12. The molecule has 0 aromatic rings. The van der Waals surface area contributed by atoms with Gasteiger partial charge in [0.25, 0.3) is 0 Å². The Bertz CT molecular complexity index is 283. The number of hydrogen-bond acceptors (Lipinski definition) is 5. The van der Waals surface area contributed by atoms with Crippen molar-refractivity contribution in [3.05, 3.63) is 11.6 Å². The van der Waals surface area contributed by atoms with E-state index in [1.165, 1.54) is 19.3 Å². The predicted molar refractivity (Wildman–Crippen MR) is 52.7 cm³/mol. The number of carbonyl (C=O) groups excluding carboxylic acids is 3. The minimum absolute atomic E-state index is 0. The van der Waals surface area contributed by atoms with E-state index < -0.39 is 5.97 Å². The molecule has 0 spiro atoms. The van der Waals surface area contributed by atoms with E-state index >= 15 is 0 Å². The SMILES string of the molecule is C[C-]=C(CN1CCCCC1)C(=O)[O-].O=C=O.[Na+].[Na+]. The summed E-state index contributed by atoms with van der Waals surface area (Å²) in [5, 5.41) is 10.6. The molecule has 1 aliphatic rings. The first kappa shape index (κ1) is 23.6. The van der Waals surface area contributed by atoms with Crippen molar-refractivity contribution in [2.75, 3.05) is 19.6 Å². The fourth-order valence-electron chi connectivity index (χ4n) is 1.59. The standard InChI is InChI=1S/C10H16NO2.CO2.2Na/c1-2-9(10(12)13)8-11-6-4-3-5-7-11;2-1-3;;/h3-8H2,1H3,(H,12,13);;;/q-1;;2*+1/p-1. The van der Waals surface area contributed by atoms with Gasteiger partial charge in [-0.25, -0.2) is 0 Å². The van der Waals surface area contributed by atoms with Crippen LogP contribution in [0.15, 0.2) is 5.57 Å². The minimum atomic E-state index is -1.09. The van der Waals surface area contributed by atoms with Crippen LogP contribution in [0.5, 0.6) is 0 Å². The van der Waals surface area contributed by atoms with Gasteiger partial charge in [0.15, 0.2) is 0 Å². The Kier molecular flexibility index (Phi) is 20.5. The fourth-order valence-corrected chi connectivity index (χ4v) is 1.59. The summed E-state index contributed by atoms with van der Waals surface area (Å²) in [7, 11) is 0. The van der Waals surface area contributed by atoms with Crippen molar-refractivity contribution in [3.8, 4) is 0 Å². The van der Waals surface area contributed by atoms with Gasteiger partial charge in [0.05, 0.1) is 0 Å². The zero-order valence-electron chi connectivity index (χ0n) is 11.3.